The number of aryl methyl sites for hydroxylation is 2. The van der Waals surface area contributed by atoms with Crippen LogP contribution in [0.1, 0.15) is 60.4 Å². The van der Waals surface area contributed by atoms with Gasteiger partial charge >= 0.3 is 0 Å². The summed E-state index contributed by atoms with van der Waals surface area (Å²) in [6, 6.07) is 0.494. The SMILES string of the molecule is Cc1nc(C2CC2)nc(C)c1C1CCCN1. The maximum absolute atomic E-state index is 4.69. The van der Waals surface area contributed by atoms with Gasteiger partial charge in [0.05, 0.1) is 0 Å². The molecule has 1 aromatic heterocycles. The third-order valence-electron chi connectivity index (χ3n) is 3.70. The van der Waals surface area contributed by atoms with Crippen LogP contribution in [0.2, 0.25) is 0 Å². The Morgan fingerprint density at radius 3 is 2.25 bits per heavy atom. The molecule has 0 spiro atoms. The first-order chi connectivity index (χ1) is 7.75. The summed E-state index contributed by atoms with van der Waals surface area (Å²) in [5.74, 6) is 1.74. The van der Waals surface area contributed by atoms with Crippen molar-refractivity contribution >= 4 is 0 Å². The van der Waals surface area contributed by atoms with Crippen molar-refractivity contribution in [1.29, 1.82) is 0 Å². The molecule has 2 aliphatic rings. The zero-order valence-electron chi connectivity index (χ0n) is 10.1. The Hall–Kier alpha value is -0.960. The van der Waals surface area contributed by atoms with Crippen LogP contribution in [-0.4, -0.2) is 16.5 Å². The van der Waals surface area contributed by atoms with Gasteiger partial charge in [-0.15, -0.1) is 0 Å². The van der Waals surface area contributed by atoms with E-state index in [0.29, 0.717) is 12.0 Å². The lowest BCUT2D eigenvalue weighted by molar-refractivity contribution is 0.626. The lowest BCUT2D eigenvalue weighted by Crippen LogP contribution is -2.17. The van der Waals surface area contributed by atoms with Crippen LogP contribution in [0.4, 0.5) is 0 Å². The molecule has 1 atom stereocenters. The van der Waals surface area contributed by atoms with Crippen molar-refractivity contribution in [3.8, 4) is 0 Å². The van der Waals surface area contributed by atoms with Crippen molar-refractivity contribution in [3.05, 3.63) is 22.8 Å². The highest BCUT2D eigenvalue weighted by molar-refractivity contribution is 5.30. The van der Waals surface area contributed by atoms with E-state index < -0.39 is 0 Å². The highest BCUT2D eigenvalue weighted by atomic mass is 15.0. The first kappa shape index (κ1) is 10.2. The molecule has 3 nitrogen and oxygen atoms in total. The predicted molar refractivity (Wildman–Crippen MR) is 63.5 cm³/mol. The summed E-state index contributed by atoms with van der Waals surface area (Å²) in [4.78, 5) is 9.38. The molecular weight excluding hydrogens is 198 g/mol. The van der Waals surface area contributed by atoms with E-state index in [0.717, 1.165) is 12.4 Å². The largest absolute Gasteiger partial charge is 0.310 e. The Morgan fingerprint density at radius 2 is 1.75 bits per heavy atom. The van der Waals surface area contributed by atoms with E-state index in [1.807, 2.05) is 0 Å². The van der Waals surface area contributed by atoms with E-state index in [9.17, 15) is 0 Å². The highest BCUT2D eigenvalue weighted by Gasteiger charge is 2.29. The minimum atomic E-state index is 0.494. The normalized spacial score (nSPS) is 25.0. The summed E-state index contributed by atoms with van der Waals surface area (Å²) < 4.78 is 0. The van der Waals surface area contributed by atoms with Gasteiger partial charge < -0.3 is 5.32 Å². The second-order valence-electron chi connectivity index (χ2n) is 5.09. The van der Waals surface area contributed by atoms with Crippen molar-refractivity contribution in [1.82, 2.24) is 15.3 Å². The Labute approximate surface area is 96.7 Å². The van der Waals surface area contributed by atoms with Gasteiger partial charge in [0.25, 0.3) is 0 Å². The average Bonchev–Trinajstić information content (AvgIpc) is 2.96. The number of rotatable bonds is 2. The van der Waals surface area contributed by atoms with E-state index in [1.54, 1.807) is 0 Å². The smallest absolute Gasteiger partial charge is 0.131 e. The molecule has 1 aliphatic heterocycles. The fourth-order valence-corrected chi connectivity index (χ4v) is 2.71. The molecule has 0 aromatic carbocycles. The van der Waals surface area contributed by atoms with Gasteiger partial charge in [-0.3, -0.25) is 0 Å². The molecule has 16 heavy (non-hydrogen) atoms. The van der Waals surface area contributed by atoms with Crippen LogP contribution in [-0.2, 0) is 0 Å². The van der Waals surface area contributed by atoms with Gasteiger partial charge in [-0.25, -0.2) is 9.97 Å². The van der Waals surface area contributed by atoms with Crippen molar-refractivity contribution in [2.75, 3.05) is 6.54 Å². The Bertz CT molecular complexity index is 381. The van der Waals surface area contributed by atoms with E-state index in [4.69, 9.17) is 0 Å². The molecule has 3 heteroatoms. The molecule has 1 aromatic rings. The zero-order chi connectivity index (χ0) is 11.1. The minimum Gasteiger partial charge on any atom is -0.310 e. The summed E-state index contributed by atoms with van der Waals surface area (Å²) in [6.45, 7) is 5.40. The molecule has 86 valence electrons. The second-order valence-corrected chi connectivity index (χ2v) is 5.09. The van der Waals surface area contributed by atoms with Crippen LogP contribution in [0.3, 0.4) is 0 Å². The molecule has 0 bridgehead atoms. The molecule has 0 amide bonds. The summed E-state index contributed by atoms with van der Waals surface area (Å²) in [6.07, 6.45) is 5.06. The summed E-state index contributed by atoms with van der Waals surface area (Å²) >= 11 is 0. The Kier molecular flexibility index (Phi) is 2.43. The third kappa shape index (κ3) is 1.73. The molecule has 3 rings (SSSR count). The number of hydrogen-bond donors (Lipinski definition) is 1. The number of nitrogens with zero attached hydrogens (tertiary/aromatic N) is 2. The molecule has 1 saturated heterocycles. The van der Waals surface area contributed by atoms with E-state index >= 15 is 0 Å². The summed E-state index contributed by atoms with van der Waals surface area (Å²) in [5, 5.41) is 3.54. The van der Waals surface area contributed by atoms with Gasteiger partial charge in [0.2, 0.25) is 0 Å². The standard InChI is InChI=1S/C13H19N3/c1-8-12(11-4-3-7-14-11)9(2)16-13(15-8)10-5-6-10/h10-11,14H,3-7H2,1-2H3. The maximum atomic E-state index is 4.69. The van der Waals surface area contributed by atoms with Gasteiger partial charge in [-0.1, -0.05) is 0 Å². The molecule has 2 heterocycles. The number of nitrogens with one attached hydrogen (secondary N) is 1. The molecule has 2 fully saturated rings. The van der Waals surface area contributed by atoms with Gasteiger partial charge in [-0.05, 0) is 46.1 Å². The van der Waals surface area contributed by atoms with Crippen molar-refractivity contribution in [2.45, 2.75) is 51.5 Å². The highest BCUT2D eigenvalue weighted by Crippen LogP contribution is 2.39. The molecule has 1 unspecified atom stereocenters. The molecule has 1 N–H and O–H groups in total. The van der Waals surface area contributed by atoms with Crippen LogP contribution in [0.15, 0.2) is 0 Å². The monoisotopic (exact) mass is 217 g/mol. The molecule has 1 saturated carbocycles. The predicted octanol–water partition coefficient (Wildman–Crippen LogP) is 2.40. The van der Waals surface area contributed by atoms with Gasteiger partial charge in [0.15, 0.2) is 0 Å². The summed E-state index contributed by atoms with van der Waals surface area (Å²) in [5.41, 5.74) is 3.73. The number of aromatic nitrogens is 2. The van der Waals surface area contributed by atoms with Gasteiger partial charge in [0, 0.05) is 28.9 Å². The van der Waals surface area contributed by atoms with Gasteiger partial charge in [-0.2, -0.15) is 0 Å². The lowest BCUT2D eigenvalue weighted by Gasteiger charge is -2.16. The first-order valence-electron chi connectivity index (χ1n) is 6.34. The fourth-order valence-electron chi connectivity index (χ4n) is 2.71. The average molecular weight is 217 g/mol. The van der Waals surface area contributed by atoms with Crippen molar-refractivity contribution in [2.24, 2.45) is 0 Å². The minimum absolute atomic E-state index is 0.494. The maximum Gasteiger partial charge on any atom is 0.131 e. The van der Waals surface area contributed by atoms with Gasteiger partial charge in [0.1, 0.15) is 5.82 Å². The van der Waals surface area contributed by atoms with Crippen LogP contribution in [0, 0.1) is 13.8 Å². The third-order valence-corrected chi connectivity index (χ3v) is 3.70. The fraction of sp³-hybridized carbons (Fsp3) is 0.692. The Morgan fingerprint density at radius 1 is 1.06 bits per heavy atom. The van der Waals surface area contributed by atoms with Crippen molar-refractivity contribution in [3.63, 3.8) is 0 Å². The topological polar surface area (TPSA) is 37.8 Å². The molecular formula is C13H19N3. The second kappa shape index (κ2) is 3.81. The van der Waals surface area contributed by atoms with E-state index in [-0.39, 0.29) is 0 Å². The first-order valence-corrected chi connectivity index (χ1v) is 6.34. The van der Waals surface area contributed by atoms with Crippen LogP contribution in [0.25, 0.3) is 0 Å². The van der Waals surface area contributed by atoms with Crippen LogP contribution in [0.5, 0.6) is 0 Å². The quantitative estimate of drug-likeness (QED) is 0.826. The summed E-state index contributed by atoms with van der Waals surface area (Å²) in [7, 11) is 0. The van der Waals surface area contributed by atoms with Crippen LogP contribution >= 0.6 is 0 Å². The van der Waals surface area contributed by atoms with Crippen LogP contribution < -0.4 is 5.32 Å². The number of hydrogen-bond acceptors (Lipinski definition) is 3. The van der Waals surface area contributed by atoms with Crippen molar-refractivity contribution < 1.29 is 0 Å². The zero-order valence-corrected chi connectivity index (χ0v) is 10.1. The lowest BCUT2D eigenvalue weighted by atomic mass is 10.0. The molecule has 1 aliphatic carbocycles. The van der Waals surface area contributed by atoms with E-state index in [2.05, 4.69) is 29.1 Å². The Balaban J connectivity index is 1.97. The molecule has 0 radical (unpaired) electrons. The van der Waals surface area contributed by atoms with E-state index in [1.165, 1.54) is 42.6 Å².